The van der Waals surface area contributed by atoms with Crippen molar-refractivity contribution in [2.45, 2.75) is 6.04 Å². The third kappa shape index (κ3) is 1.25. The Morgan fingerprint density at radius 3 is 2.67 bits per heavy atom. The Morgan fingerprint density at radius 2 is 2.08 bits per heavy atom. The van der Waals surface area contributed by atoms with Crippen LogP contribution < -0.4 is 5.73 Å². The molecule has 0 radical (unpaired) electrons. The minimum atomic E-state index is 0.0891. The Balaban J connectivity index is 2.22. The summed E-state index contributed by atoms with van der Waals surface area (Å²) >= 11 is 0. The van der Waals surface area contributed by atoms with Crippen LogP contribution in [0.1, 0.15) is 11.6 Å². The van der Waals surface area contributed by atoms with Crippen molar-refractivity contribution in [3.63, 3.8) is 0 Å². The fourth-order valence-electron chi connectivity index (χ4n) is 1.24. The molecule has 0 saturated carbocycles. The highest BCUT2D eigenvalue weighted by molar-refractivity contribution is 5.73. The molecule has 0 aliphatic carbocycles. The molecule has 0 unspecified atom stereocenters. The first kappa shape index (κ1) is 7.16. The van der Waals surface area contributed by atoms with E-state index >= 15 is 0 Å². The van der Waals surface area contributed by atoms with Crippen LogP contribution in [-0.2, 0) is 4.74 Å². The van der Waals surface area contributed by atoms with Crippen molar-refractivity contribution in [3.8, 4) is 0 Å². The number of hydrogen-bond donors (Lipinski definition) is 1. The van der Waals surface area contributed by atoms with Crippen LogP contribution >= 0.6 is 0 Å². The molecule has 12 heavy (non-hydrogen) atoms. The Morgan fingerprint density at radius 1 is 1.33 bits per heavy atom. The molecule has 2 N–H and O–H groups in total. The van der Waals surface area contributed by atoms with E-state index in [1.165, 1.54) is 0 Å². The maximum absolute atomic E-state index is 5.39. The van der Waals surface area contributed by atoms with Crippen molar-refractivity contribution in [3.05, 3.63) is 35.9 Å². The van der Waals surface area contributed by atoms with Gasteiger partial charge in [-0.2, -0.15) is 0 Å². The first-order valence-electron chi connectivity index (χ1n) is 3.87. The average molecular weight is 162 g/mol. The van der Waals surface area contributed by atoms with Gasteiger partial charge in [0.05, 0.1) is 0 Å². The molecule has 1 aromatic rings. The quantitative estimate of drug-likeness (QED) is 0.671. The summed E-state index contributed by atoms with van der Waals surface area (Å²) in [7, 11) is 0. The van der Waals surface area contributed by atoms with Gasteiger partial charge in [0.1, 0.15) is 12.6 Å². The zero-order valence-electron chi connectivity index (χ0n) is 6.60. The summed E-state index contributed by atoms with van der Waals surface area (Å²) in [5.74, 6) is 0. The van der Waals surface area contributed by atoms with Crippen LogP contribution in [0.5, 0.6) is 0 Å². The molecule has 0 aromatic heterocycles. The normalized spacial score (nSPS) is 21.7. The standard InChI is InChI=1S/C9H10N2O/c10-9-11-8(6-12-9)7-4-2-1-3-5-7/h1-5,8H,6H2,(H2,10,11)/t8-/m0/s1. The van der Waals surface area contributed by atoms with E-state index in [1.807, 2.05) is 30.3 Å². The van der Waals surface area contributed by atoms with Crippen LogP contribution in [0, 0.1) is 0 Å². The van der Waals surface area contributed by atoms with E-state index in [9.17, 15) is 0 Å². The molecular weight excluding hydrogens is 152 g/mol. The second kappa shape index (κ2) is 2.85. The summed E-state index contributed by atoms with van der Waals surface area (Å²) in [5, 5.41) is 0. The zero-order valence-corrected chi connectivity index (χ0v) is 6.60. The monoisotopic (exact) mass is 162 g/mol. The smallest absolute Gasteiger partial charge is 0.282 e. The molecule has 1 aliphatic rings. The number of aliphatic imine (C=N–C) groups is 1. The number of ether oxygens (including phenoxy) is 1. The molecule has 3 nitrogen and oxygen atoms in total. The van der Waals surface area contributed by atoms with Crippen LogP contribution in [0.15, 0.2) is 35.3 Å². The predicted molar refractivity (Wildman–Crippen MR) is 46.8 cm³/mol. The van der Waals surface area contributed by atoms with Gasteiger partial charge in [-0.15, -0.1) is 0 Å². The summed E-state index contributed by atoms with van der Waals surface area (Å²) in [5.41, 5.74) is 6.54. The first-order chi connectivity index (χ1) is 5.86. The summed E-state index contributed by atoms with van der Waals surface area (Å²) in [4.78, 5) is 4.13. The lowest BCUT2D eigenvalue weighted by Crippen LogP contribution is -2.10. The van der Waals surface area contributed by atoms with Gasteiger partial charge in [-0.3, -0.25) is 0 Å². The van der Waals surface area contributed by atoms with Gasteiger partial charge < -0.3 is 10.5 Å². The van der Waals surface area contributed by atoms with E-state index in [2.05, 4.69) is 4.99 Å². The molecule has 1 heterocycles. The van der Waals surface area contributed by atoms with Crippen LogP contribution in [0.25, 0.3) is 0 Å². The van der Waals surface area contributed by atoms with Gasteiger partial charge >= 0.3 is 0 Å². The fourth-order valence-corrected chi connectivity index (χ4v) is 1.24. The second-order valence-electron chi connectivity index (χ2n) is 2.70. The summed E-state index contributed by atoms with van der Waals surface area (Å²) in [6.07, 6.45) is 0. The van der Waals surface area contributed by atoms with E-state index < -0.39 is 0 Å². The molecule has 2 rings (SSSR count). The molecule has 62 valence electrons. The van der Waals surface area contributed by atoms with Crippen molar-refractivity contribution in [2.24, 2.45) is 10.7 Å². The number of amidine groups is 1. The SMILES string of the molecule is NC1=N[C@H](c2ccccc2)CO1. The van der Waals surface area contributed by atoms with Crippen LogP contribution in [-0.4, -0.2) is 12.6 Å². The summed E-state index contributed by atoms with van der Waals surface area (Å²) in [6, 6.07) is 10.4. The van der Waals surface area contributed by atoms with Crippen molar-refractivity contribution in [2.75, 3.05) is 6.61 Å². The van der Waals surface area contributed by atoms with Gasteiger partial charge in [0.15, 0.2) is 0 Å². The minimum absolute atomic E-state index is 0.0891. The van der Waals surface area contributed by atoms with E-state index in [4.69, 9.17) is 10.5 Å². The van der Waals surface area contributed by atoms with Crippen LogP contribution in [0.3, 0.4) is 0 Å². The number of benzene rings is 1. The highest BCUT2D eigenvalue weighted by atomic mass is 16.5. The number of rotatable bonds is 1. The van der Waals surface area contributed by atoms with Gasteiger partial charge in [-0.05, 0) is 5.56 Å². The Bertz CT molecular complexity index is 295. The van der Waals surface area contributed by atoms with Crippen LogP contribution in [0.4, 0.5) is 0 Å². The number of nitrogens with zero attached hydrogens (tertiary/aromatic N) is 1. The maximum Gasteiger partial charge on any atom is 0.282 e. The Kier molecular flexibility index (Phi) is 1.70. The fraction of sp³-hybridized carbons (Fsp3) is 0.222. The maximum atomic E-state index is 5.39. The van der Waals surface area contributed by atoms with Crippen molar-refractivity contribution in [1.29, 1.82) is 0 Å². The highest BCUT2D eigenvalue weighted by Gasteiger charge is 2.17. The largest absolute Gasteiger partial charge is 0.463 e. The molecule has 0 bridgehead atoms. The van der Waals surface area contributed by atoms with E-state index in [1.54, 1.807) is 0 Å². The second-order valence-corrected chi connectivity index (χ2v) is 2.70. The third-order valence-electron chi connectivity index (χ3n) is 1.86. The van der Waals surface area contributed by atoms with Gasteiger partial charge in [-0.1, -0.05) is 30.3 Å². The minimum Gasteiger partial charge on any atom is -0.463 e. The lowest BCUT2D eigenvalue weighted by molar-refractivity contribution is 0.315. The van der Waals surface area contributed by atoms with Crippen molar-refractivity contribution < 1.29 is 4.74 Å². The zero-order chi connectivity index (χ0) is 8.39. The Hall–Kier alpha value is -1.51. The van der Waals surface area contributed by atoms with Crippen LogP contribution in [0.2, 0.25) is 0 Å². The van der Waals surface area contributed by atoms with E-state index in [0.717, 1.165) is 5.56 Å². The number of nitrogens with two attached hydrogens (primary N) is 1. The molecule has 0 spiro atoms. The Labute approximate surface area is 70.9 Å². The van der Waals surface area contributed by atoms with Gasteiger partial charge in [0.2, 0.25) is 0 Å². The van der Waals surface area contributed by atoms with Gasteiger partial charge in [-0.25, -0.2) is 4.99 Å². The lowest BCUT2D eigenvalue weighted by atomic mass is 10.1. The lowest BCUT2D eigenvalue weighted by Gasteiger charge is -2.03. The van der Waals surface area contributed by atoms with Crippen molar-refractivity contribution >= 4 is 6.02 Å². The first-order valence-corrected chi connectivity index (χ1v) is 3.87. The molecule has 0 saturated heterocycles. The topological polar surface area (TPSA) is 47.6 Å². The van der Waals surface area contributed by atoms with Gasteiger partial charge in [0, 0.05) is 0 Å². The molecular formula is C9H10N2O. The average Bonchev–Trinajstić information content (AvgIpc) is 2.54. The highest BCUT2D eigenvalue weighted by Crippen LogP contribution is 2.20. The van der Waals surface area contributed by atoms with Crippen molar-refractivity contribution in [1.82, 2.24) is 0 Å². The predicted octanol–water partition coefficient (Wildman–Crippen LogP) is 1.07. The molecule has 0 amide bonds. The molecule has 1 aromatic carbocycles. The number of hydrogen-bond acceptors (Lipinski definition) is 3. The summed E-state index contributed by atoms with van der Waals surface area (Å²) < 4.78 is 5.05. The molecule has 0 fully saturated rings. The van der Waals surface area contributed by atoms with Gasteiger partial charge in [0.25, 0.3) is 6.02 Å². The molecule has 3 heteroatoms. The molecule has 1 aliphatic heterocycles. The third-order valence-corrected chi connectivity index (χ3v) is 1.86. The summed E-state index contributed by atoms with van der Waals surface area (Å²) in [6.45, 7) is 0.565. The molecule has 1 atom stereocenters. The van der Waals surface area contributed by atoms with E-state index in [-0.39, 0.29) is 6.04 Å². The van der Waals surface area contributed by atoms with E-state index in [0.29, 0.717) is 12.6 Å².